The van der Waals surface area contributed by atoms with E-state index >= 15 is 0 Å². The number of hydrogen-bond acceptors (Lipinski definition) is 3. The lowest BCUT2D eigenvalue weighted by molar-refractivity contribution is -0.142. The minimum atomic E-state index is -0.447. The summed E-state index contributed by atoms with van der Waals surface area (Å²) in [5, 5.41) is 0. The minimum Gasteiger partial charge on any atom is -0.465 e. The number of aryl methyl sites for hydroxylation is 2. The van der Waals surface area contributed by atoms with Gasteiger partial charge in [0.05, 0.1) is 6.61 Å². The van der Waals surface area contributed by atoms with E-state index in [2.05, 4.69) is 0 Å². The Morgan fingerprint density at radius 3 is 2.53 bits per heavy atom. The smallest absolute Gasteiger partial charge is 0.313 e. The van der Waals surface area contributed by atoms with Crippen LogP contribution in [0, 0.1) is 13.8 Å². The van der Waals surface area contributed by atoms with E-state index in [0.29, 0.717) is 12.2 Å². The molecule has 0 radical (unpaired) electrons. The van der Waals surface area contributed by atoms with Crippen LogP contribution in [0.3, 0.4) is 0 Å². The van der Waals surface area contributed by atoms with E-state index in [1.54, 1.807) is 6.07 Å². The third-order valence-electron chi connectivity index (χ3n) is 2.45. The fourth-order valence-corrected chi connectivity index (χ4v) is 1.62. The molecule has 0 aliphatic carbocycles. The van der Waals surface area contributed by atoms with Gasteiger partial charge < -0.3 is 4.74 Å². The van der Waals surface area contributed by atoms with E-state index in [1.165, 1.54) is 0 Å². The van der Waals surface area contributed by atoms with Crippen molar-refractivity contribution >= 4 is 11.8 Å². The van der Waals surface area contributed by atoms with Crippen LogP contribution in [-0.2, 0) is 9.53 Å². The Balaban J connectivity index is 2.67. The lowest BCUT2D eigenvalue weighted by Crippen LogP contribution is -2.13. The molecule has 0 aromatic heterocycles. The SMILES string of the molecule is CCCOC(=O)CC(=O)c1ccc(C)cc1C. The van der Waals surface area contributed by atoms with Crippen LogP contribution < -0.4 is 0 Å². The summed E-state index contributed by atoms with van der Waals surface area (Å²) < 4.78 is 4.89. The van der Waals surface area contributed by atoms with Gasteiger partial charge in [0.1, 0.15) is 6.42 Å². The van der Waals surface area contributed by atoms with E-state index < -0.39 is 5.97 Å². The fourth-order valence-electron chi connectivity index (χ4n) is 1.62. The summed E-state index contributed by atoms with van der Waals surface area (Å²) in [6.45, 7) is 6.13. The Kier molecular flexibility index (Phi) is 4.88. The average Bonchev–Trinajstić information content (AvgIpc) is 2.26. The molecule has 0 saturated heterocycles. The van der Waals surface area contributed by atoms with Crippen LogP contribution in [0.5, 0.6) is 0 Å². The summed E-state index contributed by atoms with van der Waals surface area (Å²) >= 11 is 0. The second-order valence-electron chi connectivity index (χ2n) is 4.14. The molecule has 92 valence electrons. The first-order chi connectivity index (χ1) is 8.04. The van der Waals surface area contributed by atoms with Gasteiger partial charge in [-0.2, -0.15) is 0 Å². The minimum absolute atomic E-state index is 0.177. The van der Waals surface area contributed by atoms with Crippen LogP contribution in [-0.4, -0.2) is 18.4 Å². The van der Waals surface area contributed by atoms with Crippen LogP contribution in [0.1, 0.15) is 41.3 Å². The summed E-state index contributed by atoms with van der Waals surface area (Å²) in [4.78, 5) is 23.2. The van der Waals surface area contributed by atoms with Gasteiger partial charge in [0.2, 0.25) is 0 Å². The summed E-state index contributed by atoms with van der Waals surface area (Å²) in [5.74, 6) is -0.625. The summed E-state index contributed by atoms with van der Waals surface area (Å²) in [7, 11) is 0. The molecule has 0 fully saturated rings. The van der Waals surface area contributed by atoms with Crippen molar-refractivity contribution in [3.63, 3.8) is 0 Å². The largest absolute Gasteiger partial charge is 0.465 e. The summed E-state index contributed by atoms with van der Waals surface area (Å²) in [6.07, 6.45) is 0.591. The average molecular weight is 234 g/mol. The molecule has 0 N–H and O–H groups in total. The Bertz CT molecular complexity index is 421. The van der Waals surface area contributed by atoms with Crippen molar-refractivity contribution in [2.75, 3.05) is 6.61 Å². The molecule has 1 aromatic carbocycles. The predicted molar refractivity (Wildman–Crippen MR) is 66.1 cm³/mol. The predicted octanol–water partition coefficient (Wildman–Crippen LogP) is 2.83. The first kappa shape index (κ1) is 13.4. The van der Waals surface area contributed by atoms with Crippen molar-refractivity contribution in [1.29, 1.82) is 0 Å². The molecule has 0 aliphatic heterocycles. The number of carbonyl (C=O) groups is 2. The molecule has 0 aliphatic rings. The number of ether oxygens (including phenoxy) is 1. The Morgan fingerprint density at radius 2 is 1.94 bits per heavy atom. The van der Waals surface area contributed by atoms with E-state index in [9.17, 15) is 9.59 Å². The number of carbonyl (C=O) groups excluding carboxylic acids is 2. The molecule has 3 nitrogen and oxygen atoms in total. The number of ketones is 1. The van der Waals surface area contributed by atoms with Crippen molar-refractivity contribution in [2.24, 2.45) is 0 Å². The summed E-state index contributed by atoms with van der Waals surface area (Å²) in [6, 6.07) is 5.57. The highest BCUT2D eigenvalue weighted by Gasteiger charge is 2.14. The van der Waals surface area contributed by atoms with Gasteiger partial charge in [0.25, 0.3) is 0 Å². The Hall–Kier alpha value is -1.64. The van der Waals surface area contributed by atoms with E-state index in [-0.39, 0.29) is 12.2 Å². The number of hydrogen-bond donors (Lipinski definition) is 0. The van der Waals surface area contributed by atoms with Gasteiger partial charge in [-0.15, -0.1) is 0 Å². The van der Waals surface area contributed by atoms with Gasteiger partial charge in [0.15, 0.2) is 5.78 Å². The second-order valence-corrected chi connectivity index (χ2v) is 4.14. The van der Waals surface area contributed by atoms with E-state index in [0.717, 1.165) is 17.5 Å². The molecular weight excluding hydrogens is 216 g/mol. The topological polar surface area (TPSA) is 43.4 Å². The fraction of sp³-hybridized carbons (Fsp3) is 0.429. The highest BCUT2D eigenvalue weighted by molar-refractivity contribution is 6.06. The first-order valence-corrected chi connectivity index (χ1v) is 5.80. The van der Waals surface area contributed by atoms with Gasteiger partial charge in [-0.1, -0.05) is 30.7 Å². The molecule has 17 heavy (non-hydrogen) atoms. The van der Waals surface area contributed by atoms with Crippen LogP contribution in [0.15, 0.2) is 18.2 Å². The monoisotopic (exact) mass is 234 g/mol. The third kappa shape index (κ3) is 4.02. The molecule has 1 aromatic rings. The zero-order valence-electron chi connectivity index (χ0n) is 10.6. The molecular formula is C14H18O3. The molecule has 1 rings (SSSR count). The highest BCUT2D eigenvalue weighted by atomic mass is 16.5. The molecule has 0 saturated carbocycles. The number of esters is 1. The van der Waals surface area contributed by atoms with E-state index in [4.69, 9.17) is 4.74 Å². The zero-order chi connectivity index (χ0) is 12.8. The molecule has 0 unspecified atom stereocenters. The molecule has 0 heterocycles. The Morgan fingerprint density at radius 1 is 1.24 bits per heavy atom. The van der Waals surface area contributed by atoms with Crippen molar-refractivity contribution < 1.29 is 14.3 Å². The van der Waals surface area contributed by atoms with Crippen LogP contribution in [0.2, 0.25) is 0 Å². The maximum atomic E-state index is 11.8. The first-order valence-electron chi connectivity index (χ1n) is 5.80. The van der Waals surface area contributed by atoms with Crippen molar-refractivity contribution in [3.05, 3.63) is 34.9 Å². The second kappa shape index (κ2) is 6.18. The zero-order valence-corrected chi connectivity index (χ0v) is 10.6. The van der Waals surface area contributed by atoms with Gasteiger partial charge in [-0.05, 0) is 25.8 Å². The standard InChI is InChI=1S/C14H18O3/c1-4-7-17-14(16)9-13(15)12-6-5-10(2)8-11(12)3/h5-6,8H,4,7,9H2,1-3H3. The number of Topliss-reactive ketones (excluding diaryl/α,β-unsaturated/α-hetero) is 1. The van der Waals surface area contributed by atoms with E-state index in [1.807, 2.05) is 32.9 Å². The third-order valence-corrected chi connectivity index (χ3v) is 2.45. The maximum absolute atomic E-state index is 11.8. The lowest BCUT2D eigenvalue weighted by Gasteiger charge is -2.06. The van der Waals surface area contributed by atoms with Crippen LogP contribution in [0.4, 0.5) is 0 Å². The van der Waals surface area contributed by atoms with Gasteiger partial charge in [-0.3, -0.25) is 9.59 Å². The molecule has 0 atom stereocenters. The molecule has 3 heteroatoms. The normalized spacial score (nSPS) is 10.1. The highest BCUT2D eigenvalue weighted by Crippen LogP contribution is 2.13. The molecule has 0 amide bonds. The van der Waals surface area contributed by atoms with Crippen LogP contribution in [0.25, 0.3) is 0 Å². The molecule has 0 spiro atoms. The van der Waals surface area contributed by atoms with Crippen molar-refractivity contribution in [2.45, 2.75) is 33.6 Å². The van der Waals surface area contributed by atoms with Crippen molar-refractivity contribution in [1.82, 2.24) is 0 Å². The van der Waals surface area contributed by atoms with Gasteiger partial charge in [-0.25, -0.2) is 0 Å². The number of rotatable bonds is 5. The quantitative estimate of drug-likeness (QED) is 0.447. The van der Waals surface area contributed by atoms with Crippen molar-refractivity contribution in [3.8, 4) is 0 Å². The lowest BCUT2D eigenvalue weighted by atomic mass is 10.0. The maximum Gasteiger partial charge on any atom is 0.313 e. The number of benzene rings is 1. The molecule has 0 bridgehead atoms. The van der Waals surface area contributed by atoms with Crippen LogP contribution >= 0.6 is 0 Å². The summed E-state index contributed by atoms with van der Waals surface area (Å²) in [5.41, 5.74) is 2.61. The Labute approximate surface area is 102 Å². The van der Waals surface area contributed by atoms with Gasteiger partial charge in [0, 0.05) is 5.56 Å². The van der Waals surface area contributed by atoms with Gasteiger partial charge >= 0.3 is 5.97 Å².